The molecule has 0 amide bonds. The van der Waals surface area contributed by atoms with Gasteiger partial charge < -0.3 is 14.6 Å². The summed E-state index contributed by atoms with van der Waals surface area (Å²) in [4.78, 5) is 0. The molecule has 0 atom stereocenters. The highest BCUT2D eigenvalue weighted by Gasteiger charge is 2.11. The quantitative estimate of drug-likeness (QED) is 0.756. The molecule has 0 aliphatic carbocycles. The maximum absolute atomic E-state index is 9.39. The van der Waals surface area contributed by atoms with Crippen LogP contribution in [-0.4, -0.2) is 18.8 Å². The molecular weight excluding hydrogens is 192 g/mol. The molecule has 3 nitrogen and oxygen atoms in total. The molecule has 0 aromatic heterocycles. The number of methoxy groups -OCH3 is 1. The summed E-state index contributed by atoms with van der Waals surface area (Å²) >= 11 is 0. The fraction of sp³-hybridized carbons (Fsp3) is 0.333. The Morgan fingerprint density at radius 3 is 2.73 bits per heavy atom. The molecule has 1 N–H and O–H groups in total. The highest BCUT2D eigenvalue weighted by molar-refractivity contribution is 5.66. The number of aliphatic hydroxyl groups is 1. The van der Waals surface area contributed by atoms with Crippen molar-refractivity contribution in [2.45, 2.75) is 13.3 Å². The van der Waals surface area contributed by atoms with Crippen LogP contribution in [0.4, 0.5) is 0 Å². The van der Waals surface area contributed by atoms with Gasteiger partial charge in [-0.2, -0.15) is 0 Å². The number of hydrogen-bond donors (Lipinski definition) is 1. The lowest BCUT2D eigenvalue weighted by molar-refractivity contribution is 0.292. The van der Waals surface area contributed by atoms with Gasteiger partial charge in [0.05, 0.1) is 19.3 Å². The maximum Gasteiger partial charge on any atom is 0.172 e. The summed E-state index contributed by atoms with van der Waals surface area (Å²) in [6.45, 7) is 6.09. The van der Waals surface area contributed by atoms with Crippen LogP contribution < -0.4 is 9.47 Å². The minimum absolute atomic E-state index is 0.0139. The highest BCUT2D eigenvalue weighted by atomic mass is 16.5. The third-order valence-electron chi connectivity index (χ3n) is 1.96. The van der Waals surface area contributed by atoms with E-state index in [-0.39, 0.29) is 5.76 Å². The van der Waals surface area contributed by atoms with Gasteiger partial charge in [0.2, 0.25) is 0 Å². The molecule has 0 radical (unpaired) electrons. The van der Waals surface area contributed by atoms with Crippen LogP contribution in [0.1, 0.15) is 18.9 Å². The van der Waals surface area contributed by atoms with Crippen LogP contribution in [0, 0.1) is 0 Å². The Morgan fingerprint density at radius 1 is 1.47 bits per heavy atom. The van der Waals surface area contributed by atoms with Crippen LogP contribution in [0.2, 0.25) is 0 Å². The third kappa shape index (κ3) is 2.65. The first kappa shape index (κ1) is 11.4. The van der Waals surface area contributed by atoms with Gasteiger partial charge in [0.15, 0.2) is 11.5 Å². The molecule has 0 aliphatic rings. The summed E-state index contributed by atoms with van der Waals surface area (Å²) in [5.41, 5.74) is 0.572. The molecule has 0 bridgehead atoms. The molecule has 1 aromatic rings. The van der Waals surface area contributed by atoms with Crippen LogP contribution in [0.15, 0.2) is 24.8 Å². The average Bonchev–Trinajstić information content (AvgIpc) is 2.25. The van der Waals surface area contributed by atoms with Gasteiger partial charge in [-0.05, 0) is 18.6 Å². The van der Waals surface area contributed by atoms with Crippen molar-refractivity contribution >= 4 is 5.76 Å². The summed E-state index contributed by atoms with van der Waals surface area (Å²) in [7, 11) is 1.57. The van der Waals surface area contributed by atoms with Crippen LogP contribution >= 0.6 is 0 Å². The Labute approximate surface area is 90.0 Å². The van der Waals surface area contributed by atoms with Gasteiger partial charge in [0.1, 0.15) is 5.76 Å². The first-order valence-corrected chi connectivity index (χ1v) is 4.88. The molecule has 0 unspecified atom stereocenters. The monoisotopic (exact) mass is 208 g/mol. The second-order valence-electron chi connectivity index (χ2n) is 3.13. The molecule has 0 heterocycles. The van der Waals surface area contributed by atoms with Crippen LogP contribution in [0.25, 0.3) is 5.76 Å². The van der Waals surface area contributed by atoms with E-state index in [9.17, 15) is 5.11 Å². The topological polar surface area (TPSA) is 38.7 Å². The number of hydrogen-bond acceptors (Lipinski definition) is 3. The molecular formula is C12H16O3. The first-order valence-electron chi connectivity index (χ1n) is 4.88. The Balaban J connectivity index is 3.08. The van der Waals surface area contributed by atoms with Crippen molar-refractivity contribution in [1.29, 1.82) is 0 Å². The fourth-order valence-electron chi connectivity index (χ4n) is 1.26. The number of para-hydroxylation sites is 1. The van der Waals surface area contributed by atoms with E-state index in [0.717, 1.165) is 6.42 Å². The molecule has 1 rings (SSSR count). The van der Waals surface area contributed by atoms with E-state index < -0.39 is 0 Å². The molecule has 0 spiro atoms. The normalized spacial score (nSPS) is 9.73. The summed E-state index contributed by atoms with van der Waals surface area (Å²) in [5, 5.41) is 9.39. The van der Waals surface area contributed by atoms with E-state index in [1.165, 1.54) is 0 Å². The van der Waals surface area contributed by atoms with E-state index >= 15 is 0 Å². The van der Waals surface area contributed by atoms with E-state index in [1.807, 2.05) is 6.92 Å². The molecule has 3 heteroatoms. The molecule has 15 heavy (non-hydrogen) atoms. The number of rotatable bonds is 5. The number of ether oxygens (including phenoxy) is 2. The zero-order valence-corrected chi connectivity index (χ0v) is 9.12. The van der Waals surface area contributed by atoms with Crippen molar-refractivity contribution in [3.8, 4) is 11.5 Å². The van der Waals surface area contributed by atoms with Crippen molar-refractivity contribution in [3.05, 3.63) is 30.3 Å². The first-order chi connectivity index (χ1) is 7.20. The Hall–Kier alpha value is -1.64. The van der Waals surface area contributed by atoms with Crippen molar-refractivity contribution in [2.75, 3.05) is 13.7 Å². The second kappa shape index (κ2) is 5.29. The zero-order chi connectivity index (χ0) is 11.3. The predicted molar refractivity (Wildman–Crippen MR) is 60.4 cm³/mol. The Bertz CT molecular complexity index is 345. The summed E-state index contributed by atoms with van der Waals surface area (Å²) in [6, 6.07) is 5.32. The van der Waals surface area contributed by atoms with Crippen LogP contribution in [0.5, 0.6) is 11.5 Å². The lowest BCUT2D eigenvalue weighted by atomic mass is 10.1. The zero-order valence-electron chi connectivity index (χ0n) is 9.12. The van der Waals surface area contributed by atoms with E-state index in [0.29, 0.717) is 23.7 Å². The highest BCUT2D eigenvalue weighted by Crippen LogP contribution is 2.33. The summed E-state index contributed by atoms with van der Waals surface area (Å²) in [6.07, 6.45) is 0.898. The molecule has 82 valence electrons. The van der Waals surface area contributed by atoms with Crippen molar-refractivity contribution < 1.29 is 14.6 Å². The fourth-order valence-corrected chi connectivity index (χ4v) is 1.26. The van der Waals surface area contributed by atoms with Gasteiger partial charge >= 0.3 is 0 Å². The Kier molecular flexibility index (Phi) is 4.03. The Morgan fingerprint density at radius 2 is 2.20 bits per heavy atom. The number of benzene rings is 1. The SMILES string of the molecule is C=C(O)c1cccc(OC)c1OCCC. The van der Waals surface area contributed by atoms with Gasteiger partial charge in [-0.3, -0.25) is 0 Å². The molecule has 0 fully saturated rings. The van der Waals surface area contributed by atoms with Crippen molar-refractivity contribution in [3.63, 3.8) is 0 Å². The average molecular weight is 208 g/mol. The predicted octanol–water partition coefficient (Wildman–Crippen LogP) is 3.01. The van der Waals surface area contributed by atoms with Crippen molar-refractivity contribution in [1.82, 2.24) is 0 Å². The standard InChI is InChI=1S/C12H16O3/c1-4-8-15-12-10(9(2)13)6-5-7-11(12)14-3/h5-7,13H,2,4,8H2,1,3H3. The lowest BCUT2D eigenvalue weighted by Crippen LogP contribution is -2.00. The summed E-state index contributed by atoms with van der Waals surface area (Å²) < 4.78 is 10.7. The van der Waals surface area contributed by atoms with Gasteiger partial charge in [-0.1, -0.05) is 19.6 Å². The second-order valence-corrected chi connectivity index (χ2v) is 3.13. The minimum atomic E-state index is -0.0139. The van der Waals surface area contributed by atoms with Gasteiger partial charge in [0, 0.05) is 0 Å². The molecule has 0 saturated carbocycles. The third-order valence-corrected chi connectivity index (χ3v) is 1.96. The van der Waals surface area contributed by atoms with Gasteiger partial charge in [-0.15, -0.1) is 0 Å². The molecule has 0 saturated heterocycles. The van der Waals surface area contributed by atoms with Crippen LogP contribution in [0.3, 0.4) is 0 Å². The number of aliphatic hydroxyl groups excluding tert-OH is 1. The summed E-state index contributed by atoms with van der Waals surface area (Å²) in [5.74, 6) is 1.14. The smallest absolute Gasteiger partial charge is 0.172 e. The maximum atomic E-state index is 9.39. The van der Waals surface area contributed by atoms with Gasteiger partial charge in [0.25, 0.3) is 0 Å². The molecule has 1 aromatic carbocycles. The van der Waals surface area contributed by atoms with E-state index in [2.05, 4.69) is 6.58 Å². The van der Waals surface area contributed by atoms with E-state index in [1.54, 1.807) is 25.3 Å². The lowest BCUT2D eigenvalue weighted by Gasteiger charge is -2.13. The van der Waals surface area contributed by atoms with Crippen LogP contribution in [-0.2, 0) is 0 Å². The largest absolute Gasteiger partial charge is 0.508 e. The van der Waals surface area contributed by atoms with Crippen molar-refractivity contribution in [2.24, 2.45) is 0 Å². The van der Waals surface area contributed by atoms with E-state index in [4.69, 9.17) is 9.47 Å². The van der Waals surface area contributed by atoms with Gasteiger partial charge in [-0.25, -0.2) is 0 Å². The molecule has 0 aliphatic heterocycles. The minimum Gasteiger partial charge on any atom is -0.508 e.